The van der Waals surface area contributed by atoms with Crippen LogP contribution in [-0.4, -0.2) is 35.1 Å². The number of nitrogens with two attached hydrogens (primary N) is 2. The molecule has 0 saturated carbocycles. The zero-order valence-electron chi connectivity index (χ0n) is 10.9. The molecule has 0 aliphatic rings. The molecule has 19 heavy (non-hydrogen) atoms. The van der Waals surface area contributed by atoms with Crippen LogP contribution in [0.3, 0.4) is 0 Å². The average molecular weight is 272 g/mol. The van der Waals surface area contributed by atoms with Crippen LogP contribution in [0.1, 0.15) is 32.6 Å². The van der Waals surface area contributed by atoms with Gasteiger partial charge in [-0.15, -0.1) is 0 Å². The maximum Gasteiger partial charge on any atom is 0.337 e. The van der Waals surface area contributed by atoms with Gasteiger partial charge in [0.25, 0.3) is 0 Å². The van der Waals surface area contributed by atoms with E-state index in [0.29, 0.717) is 6.42 Å². The molecular weight excluding hydrogens is 252 g/mol. The number of carbonyl (C=O) groups is 3. The van der Waals surface area contributed by atoms with Gasteiger partial charge in [0.15, 0.2) is 0 Å². The number of allylic oxidation sites excluding steroid dienone is 1. The van der Waals surface area contributed by atoms with Crippen LogP contribution >= 0.6 is 0 Å². The lowest BCUT2D eigenvalue weighted by atomic mass is 9.94. The van der Waals surface area contributed by atoms with E-state index in [4.69, 9.17) is 21.3 Å². The van der Waals surface area contributed by atoms with Crippen molar-refractivity contribution in [2.24, 2.45) is 11.5 Å². The molecule has 0 saturated heterocycles. The van der Waals surface area contributed by atoms with E-state index in [1.165, 1.54) is 0 Å². The molecule has 0 bridgehead atoms. The third-order valence-corrected chi connectivity index (χ3v) is 2.43. The second-order valence-corrected chi connectivity index (χ2v) is 4.05. The first-order chi connectivity index (χ1) is 8.84. The Hall–Kier alpha value is -1.89. The van der Waals surface area contributed by atoms with Crippen LogP contribution in [0, 0.1) is 0 Å². The van der Waals surface area contributed by atoms with Gasteiger partial charge in [0, 0.05) is 6.42 Å². The molecule has 108 valence electrons. The highest BCUT2D eigenvalue weighted by atomic mass is 16.5. The highest BCUT2D eigenvalue weighted by molar-refractivity contribution is 6.04. The Labute approximate surface area is 111 Å². The quantitative estimate of drug-likeness (QED) is 0.233. The molecule has 0 aromatic carbocycles. The molecule has 1 atom stereocenters. The van der Waals surface area contributed by atoms with E-state index >= 15 is 0 Å². The molecule has 5 N–H and O–H groups in total. The Balaban J connectivity index is 4.44. The predicted molar refractivity (Wildman–Crippen MR) is 68.0 cm³/mol. The Morgan fingerprint density at radius 2 is 1.95 bits per heavy atom. The number of carboxylic acids is 1. The topological polar surface area (TPSA) is 133 Å². The van der Waals surface area contributed by atoms with Crippen molar-refractivity contribution < 1.29 is 24.2 Å². The van der Waals surface area contributed by atoms with Gasteiger partial charge in [-0.25, -0.2) is 9.59 Å². The van der Waals surface area contributed by atoms with Crippen LogP contribution in [0.15, 0.2) is 12.2 Å². The first-order valence-corrected chi connectivity index (χ1v) is 5.97. The molecule has 7 heteroatoms. The van der Waals surface area contributed by atoms with Crippen LogP contribution in [-0.2, 0) is 19.1 Å². The summed E-state index contributed by atoms with van der Waals surface area (Å²) in [6.07, 6.45) is 4.37. The number of ether oxygens (including phenoxy) is 1. The van der Waals surface area contributed by atoms with Crippen molar-refractivity contribution in [3.8, 4) is 0 Å². The number of carboxylic acid groups (broad SMARTS) is 1. The number of amides is 1. The number of rotatable bonds is 9. The lowest BCUT2D eigenvalue weighted by molar-refractivity contribution is -0.161. The molecule has 0 radical (unpaired) electrons. The smallest absolute Gasteiger partial charge is 0.337 e. The summed E-state index contributed by atoms with van der Waals surface area (Å²) in [5.41, 5.74) is 8.15. The molecule has 0 heterocycles. The van der Waals surface area contributed by atoms with Gasteiger partial charge < -0.3 is 21.3 Å². The summed E-state index contributed by atoms with van der Waals surface area (Å²) >= 11 is 0. The fourth-order valence-electron chi connectivity index (χ4n) is 1.25. The summed E-state index contributed by atoms with van der Waals surface area (Å²) in [4.78, 5) is 33.3. The predicted octanol–water partition coefficient (Wildman–Crippen LogP) is -0.0665. The number of esters is 1. The number of primary amides is 1. The minimum atomic E-state index is -2.23. The summed E-state index contributed by atoms with van der Waals surface area (Å²) in [5, 5.41) is 8.96. The highest BCUT2D eigenvalue weighted by Gasteiger charge is 2.43. The van der Waals surface area contributed by atoms with Crippen molar-refractivity contribution in [1.29, 1.82) is 0 Å². The van der Waals surface area contributed by atoms with E-state index < -0.39 is 23.4 Å². The lowest BCUT2D eigenvalue weighted by Gasteiger charge is -2.21. The fraction of sp³-hybridized carbons (Fsp3) is 0.583. The fourth-order valence-corrected chi connectivity index (χ4v) is 1.25. The van der Waals surface area contributed by atoms with E-state index in [1.54, 1.807) is 0 Å². The number of carbonyl (C=O) groups excluding carboxylic acids is 2. The van der Waals surface area contributed by atoms with Gasteiger partial charge in [0.2, 0.25) is 11.4 Å². The SMILES string of the molecule is CCC=CCCOC(=O)[C@](N)(CCC(N)=O)C(=O)O. The van der Waals surface area contributed by atoms with Crippen LogP contribution < -0.4 is 11.5 Å². The summed E-state index contributed by atoms with van der Waals surface area (Å²) in [5.74, 6) is -3.33. The second kappa shape index (κ2) is 8.25. The van der Waals surface area contributed by atoms with Crippen LogP contribution in [0.4, 0.5) is 0 Å². The van der Waals surface area contributed by atoms with Crippen molar-refractivity contribution in [3.05, 3.63) is 12.2 Å². The van der Waals surface area contributed by atoms with E-state index in [0.717, 1.165) is 6.42 Å². The molecule has 1 amide bonds. The molecule has 0 aliphatic carbocycles. The minimum absolute atomic E-state index is 0.0398. The normalized spacial score (nSPS) is 14.0. The summed E-state index contributed by atoms with van der Waals surface area (Å²) < 4.78 is 4.80. The maximum atomic E-state index is 11.6. The standard InChI is InChI=1S/C12H20N2O5/c1-2-3-4-5-8-19-11(18)12(14,10(16)17)7-6-9(13)15/h3-4H,2,5-8,14H2,1H3,(H2,13,15)(H,16,17)/t12-/m0/s1. The van der Waals surface area contributed by atoms with Gasteiger partial charge in [0.1, 0.15) is 0 Å². The van der Waals surface area contributed by atoms with Gasteiger partial charge in [-0.1, -0.05) is 19.1 Å². The zero-order chi connectivity index (χ0) is 14.9. The third kappa shape index (κ3) is 6.01. The summed E-state index contributed by atoms with van der Waals surface area (Å²) in [6, 6.07) is 0. The van der Waals surface area contributed by atoms with Crippen molar-refractivity contribution in [3.63, 3.8) is 0 Å². The first-order valence-electron chi connectivity index (χ1n) is 5.97. The number of hydrogen-bond acceptors (Lipinski definition) is 5. The Morgan fingerprint density at radius 1 is 1.32 bits per heavy atom. The van der Waals surface area contributed by atoms with Crippen molar-refractivity contribution >= 4 is 17.8 Å². The Bertz CT molecular complexity index is 367. The second-order valence-electron chi connectivity index (χ2n) is 4.05. The zero-order valence-corrected chi connectivity index (χ0v) is 10.9. The van der Waals surface area contributed by atoms with E-state index in [9.17, 15) is 14.4 Å². The van der Waals surface area contributed by atoms with Crippen LogP contribution in [0.25, 0.3) is 0 Å². The van der Waals surface area contributed by atoms with E-state index in [2.05, 4.69) is 0 Å². The van der Waals surface area contributed by atoms with Crippen molar-refractivity contribution in [1.82, 2.24) is 0 Å². The van der Waals surface area contributed by atoms with Gasteiger partial charge >= 0.3 is 11.9 Å². The van der Waals surface area contributed by atoms with Gasteiger partial charge in [0.05, 0.1) is 6.61 Å². The minimum Gasteiger partial charge on any atom is -0.479 e. The van der Waals surface area contributed by atoms with Crippen LogP contribution in [0.5, 0.6) is 0 Å². The van der Waals surface area contributed by atoms with Gasteiger partial charge in [-0.05, 0) is 19.3 Å². The lowest BCUT2D eigenvalue weighted by Crippen LogP contribution is -2.56. The molecular formula is C12H20N2O5. The molecule has 0 rings (SSSR count). The highest BCUT2D eigenvalue weighted by Crippen LogP contribution is 2.13. The van der Waals surface area contributed by atoms with Crippen molar-refractivity contribution in [2.75, 3.05) is 6.61 Å². The molecule has 0 aliphatic heterocycles. The molecule has 7 nitrogen and oxygen atoms in total. The van der Waals surface area contributed by atoms with Gasteiger partial charge in [-0.2, -0.15) is 0 Å². The Morgan fingerprint density at radius 3 is 2.42 bits per heavy atom. The molecule has 0 unspecified atom stereocenters. The Kier molecular flexibility index (Phi) is 7.43. The molecule has 0 aromatic heterocycles. The van der Waals surface area contributed by atoms with Gasteiger partial charge in [-0.3, -0.25) is 4.79 Å². The van der Waals surface area contributed by atoms with Crippen molar-refractivity contribution in [2.45, 2.75) is 38.1 Å². The molecule has 0 aromatic rings. The number of aliphatic carboxylic acids is 1. The third-order valence-electron chi connectivity index (χ3n) is 2.43. The molecule has 0 fully saturated rings. The van der Waals surface area contributed by atoms with Crippen LogP contribution in [0.2, 0.25) is 0 Å². The summed E-state index contributed by atoms with van der Waals surface area (Å²) in [6.45, 7) is 2.00. The molecule has 0 spiro atoms. The van der Waals surface area contributed by atoms with E-state index in [-0.39, 0.29) is 19.4 Å². The maximum absolute atomic E-state index is 11.6. The largest absolute Gasteiger partial charge is 0.479 e. The summed E-state index contributed by atoms with van der Waals surface area (Å²) in [7, 11) is 0. The van der Waals surface area contributed by atoms with E-state index in [1.807, 2.05) is 19.1 Å². The average Bonchev–Trinajstić information content (AvgIpc) is 2.35. The first kappa shape index (κ1) is 17.1. The monoisotopic (exact) mass is 272 g/mol. The number of hydrogen-bond donors (Lipinski definition) is 3.